The van der Waals surface area contributed by atoms with Crippen molar-refractivity contribution in [3.63, 3.8) is 0 Å². The van der Waals surface area contributed by atoms with Crippen molar-refractivity contribution in [1.82, 2.24) is 4.90 Å². The van der Waals surface area contributed by atoms with Gasteiger partial charge in [0.05, 0.1) is 4.91 Å². The molecule has 3 rings (SSSR count). The summed E-state index contributed by atoms with van der Waals surface area (Å²) in [6, 6.07) is 9.87. The topological polar surface area (TPSA) is 33.5 Å². The van der Waals surface area contributed by atoms with Crippen molar-refractivity contribution in [2.45, 2.75) is 20.8 Å². The van der Waals surface area contributed by atoms with Crippen LogP contribution in [0.4, 0.5) is 0 Å². The van der Waals surface area contributed by atoms with Gasteiger partial charge >= 0.3 is 0 Å². The molecule has 0 bridgehead atoms. The van der Waals surface area contributed by atoms with Gasteiger partial charge in [-0.1, -0.05) is 59.8 Å². The minimum absolute atomic E-state index is 0.0406. The molecule has 1 amide bonds. The number of thiocarbonyl (C=S) groups is 1. The lowest BCUT2D eigenvalue weighted by Crippen LogP contribution is -2.31. The average molecular weight is 436 g/mol. The molecule has 0 aliphatic carbocycles. The first kappa shape index (κ1) is 18.4. The van der Waals surface area contributed by atoms with Crippen LogP contribution in [0.5, 0.6) is 0 Å². The highest BCUT2D eigenvalue weighted by Crippen LogP contribution is 2.34. The van der Waals surface area contributed by atoms with Crippen LogP contribution in [0.1, 0.15) is 25.2 Å². The summed E-state index contributed by atoms with van der Waals surface area (Å²) in [5.41, 5.74) is 2.15. The zero-order chi connectivity index (χ0) is 18.1. The van der Waals surface area contributed by atoms with Gasteiger partial charge in [0.15, 0.2) is 0 Å². The number of halogens is 1. The van der Waals surface area contributed by atoms with Crippen LogP contribution in [0.2, 0.25) is 0 Å². The lowest BCUT2D eigenvalue weighted by Gasteiger charge is -2.16. The van der Waals surface area contributed by atoms with Crippen LogP contribution in [0.15, 0.2) is 44.1 Å². The molecular weight excluding hydrogens is 418 g/mol. The summed E-state index contributed by atoms with van der Waals surface area (Å²) >= 11 is 10.2. The Labute approximate surface area is 165 Å². The number of carbonyl (C=O) groups is 1. The lowest BCUT2D eigenvalue weighted by atomic mass is 10.1. The van der Waals surface area contributed by atoms with E-state index in [4.69, 9.17) is 16.6 Å². The number of thioether (sulfide) groups is 1. The maximum absolute atomic E-state index is 12.5. The maximum Gasteiger partial charge on any atom is 0.266 e. The van der Waals surface area contributed by atoms with Gasteiger partial charge in [-0.25, -0.2) is 0 Å². The van der Waals surface area contributed by atoms with Crippen LogP contribution in [-0.2, 0) is 4.79 Å². The van der Waals surface area contributed by atoms with Gasteiger partial charge in [-0.3, -0.25) is 9.69 Å². The SMILES string of the molecule is Cc1cc(-c2ccc(/C=C3\SC(=S)N(CC(C)C)C3=O)o2)ccc1Br. The van der Waals surface area contributed by atoms with E-state index in [1.165, 1.54) is 11.8 Å². The summed E-state index contributed by atoms with van der Waals surface area (Å²) in [5, 5.41) is 0. The lowest BCUT2D eigenvalue weighted by molar-refractivity contribution is -0.122. The van der Waals surface area contributed by atoms with Gasteiger partial charge in [0, 0.05) is 22.7 Å². The van der Waals surface area contributed by atoms with Gasteiger partial charge in [-0.15, -0.1) is 0 Å². The van der Waals surface area contributed by atoms with Crippen LogP contribution < -0.4 is 0 Å². The Balaban J connectivity index is 1.83. The molecule has 0 unspecified atom stereocenters. The quantitative estimate of drug-likeness (QED) is 0.443. The highest BCUT2D eigenvalue weighted by molar-refractivity contribution is 9.10. The molecule has 1 aliphatic heterocycles. The van der Waals surface area contributed by atoms with E-state index >= 15 is 0 Å². The predicted octanol–water partition coefficient (Wildman–Crippen LogP) is 5.87. The zero-order valence-corrected chi connectivity index (χ0v) is 17.4. The smallest absolute Gasteiger partial charge is 0.266 e. The Kier molecular flexibility index (Phi) is 5.51. The summed E-state index contributed by atoms with van der Waals surface area (Å²) in [4.78, 5) is 14.8. The average Bonchev–Trinajstić information content (AvgIpc) is 3.11. The highest BCUT2D eigenvalue weighted by Gasteiger charge is 2.32. The number of benzene rings is 1. The molecule has 0 N–H and O–H groups in total. The van der Waals surface area contributed by atoms with E-state index in [0.29, 0.717) is 27.4 Å². The van der Waals surface area contributed by atoms with Crippen LogP contribution >= 0.6 is 39.9 Å². The fraction of sp³-hybridized carbons (Fsp3) is 0.263. The van der Waals surface area contributed by atoms with Crippen molar-refractivity contribution in [3.8, 4) is 11.3 Å². The van der Waals surface area contributed by atoms with E-state index in [1.54, 1.807) is 11.0 Å². The van der Waals surface area contributed by atoms with Gasteiger partial charge in [-0.05, 0) is 42.7 Å². The Morgan fingerprint density at radius 2 is 2.08 bits per heavy atom. The fourth-order valence-corrected chi connectivity index (χ4v) is 4.04. The molecule has 2 heterocycles. The second-order valence-electron chi connectivity index (χ2n) is 6.35. The Morgan fingerprint density at radius 3 is 2.76 bits per heavy atom. The monoisotopic (exact) mass is 435 g/mol. The minimum Gasteiger partial charge on any atom is -0.457 e. The van der Waals surface area contributed by atoms with Gasteiger partial charge in [0.2, 0.25) is 0 Å². The molecule has 2 aromatic rings. The molecule has 1 aromatic carbocycles. The Morgan fingerprint density at radius 1 is 1.32 bits per heavy atom. The molecular formula is C19H18BrNO2S2. The first-order valence-electron chi connectivity index (χ1n) is 7.97. The summed E-state index contributed by atoms with van der Waals surface area (Å²) in [6.45, 7) is 6.82. The van der Waals surface area contributed by atoms with Crippen molar-refractivity contribution >= 4 is 56.2 Å². The molecule has 1 saturated heterocycles. The van der Waals surface area contributed by atoms with Crippen LogP contribution in [0.3, 0.4) is 0 Å². The number of hydrogen-bond acceptors (Lipinski definition) is 4. The van der Waals surface area contributed by atoms with Gasteiger partial charge < -0.3 is 4.42 Å². The van der Waals surface area contributed by atoms with E-state index < -0.39 is 0 Å². The number of rotatable bonds is 4. The van der Waals surface area contributed by atoms with E-state index in [2.05, 4.69) is 35.8 Å². The highest BCUT2D eigenvalue weighted by atomic mass is 79.9. The number of furan rings is 1. The van der Waals surface area contributed by atoms with Crippen LogP contribution in [0, 0.1) is 12.8 Å². The molecule has 3 nitrogen and oxygen atoms in total. The molecule has 1 fully saturated rings. The first-order valence-corrected chi connectivity index (χ1v) is 9.98. The molecule has 25 heavy (non-hydrogen) atoms. The summed E-state index contributed by atoms with van der Waals surface area (Å²) in [6.07, 6.45) is 1.77. The molecule has 0 saturated carbocycles. The molecule has 1 aliphatic rings. The van der Waals surface area contributed by atoms with Gasteiger partial charge in [-0.2, -0.15) is 0 Å². The summed E-state index contributed by atoms with van der Waals surface area (Å²) in [7, 11) is 0. The molecule has 6 heteroatoms. The zero-order valence-electron chi connectivity index (χ0n) is 14.2. The van der Waals surface area contributed by atoms with E-state index in [-0.39, 0.29) is 5.91 Å². The molecule has 0 spiro atoms. The number of amides is 1. The minimum atomic E-state index is -0.0406. The molecule has 0 radical (unpaired) electrons. The van der Waals surface area contributed by atoms with Crippen LogP contribution in [0.25, 0.3) is 17.4 Å². The van der Waals surface area contributed by atoms with Crippen molar-refractivity contribution in [2.24, 2.45) is 5.92 Å². The molecule has 130 valence electrons. The maximum atomic E-state index is 12.5. The van der Waals surface area contributed by atoms with E-state index in [1.807, 2.05) is 31.2 Å². The Bertz CT molecular complexity index is 870. The molecule has 0 atom stereocenters. The number of carbonyl (C=O) groups excluding carboxylic acids is 1. The van der Waals surface area contributed by atoms with Crippen LogP contribution in [-0.4, -0.2) is 21.7 Å². The third-order valence-electron chi connectivity index (χ3n) is 3.76. The van der Waals surface area contributed by atoms with Crippen molar-refractivity contribution in [3.05, 3.63) is 51.0 Å². The molecule has 1 aromatic heterocycles. The second-order valence-corrected chi connectivity index (χ2v) is 8.88. The number of nitrogens with zero attached hydrogens (tertiary/aromatic N) is 1. The predicted molar refractivity (Wildman–Crippen MR) is 111 cm³/mol. The standard InChI is InChI=1S/C19H18BrNO2S2/c1-11(2)10-21-18(22)17(25-19(21)24)9-14-5-7-16(23-14)13-4-6-15(20)12(3)8-13/h4-9,11H,10H2,1-3H3/b17-9-. The second kappa shape index (κ2) is 7.48. The third kappa shape index (κ3) is 4.07. The fourth-order valence-electron chi connectivity index (χ4n) is 2.54. The summed E-state index contributed by atoms with van der Waals surface area (Å²) in [5.74, 6) is 1.76. The van der Waals surface area contributed by atoms with Crippen molar-refractivity contribution < 1.29 is 9.21 Å². The Hall–Kier alpha value is -1.37. The largest absolute Gasteiger partial charge is 0.457 e. The number of hydrogen-bond donors (Lipinski definition) is 0. The normalized spacial score (nSPS) is 16.5. The van der Waals surface area contributed by atoms with Gasteiger partial charge in [0.1, 0.15) is 15.8 Å². The van der Waals surface area contributed by atoms with E-state index in [9.17, 15) is 4.79 Å². The van der Waals surface area contributed by atoms with Gasteiger partial charge in [0.25, 0.3) is 5.91 Å². The first-order chi connectivity index (χ1) is 11.8. The van der Waals surface area contributed by atoms with Crippen molar-refractivity contribution in [2.75, 3.05) is 6.54 Å². The third-order valence-corrected chi connectivity index (χ3v) is 6.03. The summed E-state index contributed by atoms with van der Waals surface area (Å²) < 4.78 is 7.59. The van der Waals surface area contributed by atoms with Crippen molar-refractivity contribution in [1.29, 1.82) is 0 Å². The number of aryl methyl sites for hydroxylation is 1. The van der Waals surface area contributed by atoms with E-state index in [0.717, 1.165) is 21.4 Å².